The standard InChI is InChI=1S/C42H50N8O6/c1-25(2)37(45-41(53)55-5)39(51)49-19-7-9-33(49)31-23-47-21-29(15-17-35(47)43-31)27-11-13-28(14-12-27)30-16-18-36-44-32(24-48(36)22-30)34-10-8-20-50(34)40(52)38(26(3)4)46-42(54)56-6/h11-18,21-26,33-34,37-38H,7-10,19-20H2,1-6H3,(H,45,53)(H,46,54)/t33-,34-,37-,38-/m0/s1. The topological polar surface area (TPSA) is 152 Å². The van der Waals surface area contributed by atoms with Gasteiger partial charge in [0.1, 0.15) is 23.4 Å². The summed E-state index contributed by atoms with van der Waals surface area (Å²) in [4.78, 5) is 64.7. The van der Waals surface area contributed by atoms with E-state index in [4.69, 9.17) is 19.4 Å². The number of methoxy groups -OCH3 is 2. The molecule has 0 bridgehead atoms. The molecule has 2 saturated heterocycles. The van der Waals surface area contributed by atoms with E-state index in [0.717, 1.165) is 70.6 Å². The summed E-state index contributed by atoms with van der Waals surface area (Å²) in [7, 11) is 2.59. The number of benzene rings is 1. The number of pyridine rings is 2. The fourth-order valence-corrected chi connectivity index (χ4v) is 7.97. The van der Waals surface area contributed by atoms with Crippen molar-refractivity contribution in [3.8, 4) is 22.3 Å². The minimum Gasteiger partial charge on any atom is -0.453 e. The molecule has 0 aliphatic carbocycles. The molecule has 0 spiro atoms. The molecule has 1 aromatic carbocycles. The van der Waals surface area contributed by atoms with Gasteiger partial charge in [0.25, 0.3) is 0 Å². The molecular weight excluding hydrogens is 713 g/mol. The largest absolute Gasteiger partial charge is 0.453 e. The smallest absolute Gasteiger partial charge is 0.407 e. The zero-order valence-corrected chi connectivity index (χ0v) is 32.8. The Kier molecular flexibility index (Phi) is 11.0. The molecule has 0 radical (unpaired) electrons. The lowest BCUT2D eigenvalue weighted by Crippen LogP contribution is -2.51. The Labute approximate surface area is 326 Å². The highest BCUT2D eigenvalue weighted by atomic mass is 16.5. The molecule has 2 fully saturated rings. The number of hydrogen-bond donors (Lipinski definition) is 2. The number of nitrogens with one attached hydrogen (secondary N) is 2. The molecular formula is C42H50N8O6. The van der Waals surface area contributed by atoms with Gasteiger partial charge >= 0.3 is 12.2 Å². The van der Waals surface area contributed by atoms with Gasteiger partial charge in [0, 0.05) is 37.9 Å². The first-order valence-corrected chi connectivity index (χ1v) is 19.3. The normalized spacial score (nSPS) is 18.1. The summed E-state index contributed by atoms with van der Waals surface area (Å²) in [6.07, 6.45) is 10.2. The molecule has 4 aromatic heterocycles. The average Bonchev–Trinajstić information content (AvgIpc) is 4.03. The van der Waals surface area contributed by atoms with Gasteiger partial charge in [0.05, 0.1) is 37.7 Å². The van der Waals surface area contributed by atoms with E-state index in [1.807, 2.05) is 70.8 Å². The number of likely N-dealkylation sites (tertiary alicyclic amines) is 2. The second kappa shape index (κ2) is 16.0. The highest BCUT2D eigenvalue weighted by Gasteiger charge is 2.38. The summed E-state index contributed by atoms with van der Waals surface area (Å²) in [6, 6.07) is 14.8. The molecule has 4 atom stereocenters. The van der Waals surface area contributed by atoms with Crippen molar-refractivity contribution in [2.24, 2.45) is 11.8 Å². The van der Waals surface area contributed by atoms with Crippen molar-refractivity contribution in [2.45, 2.75) is 77.5 Å². The van der Waals surface area contributed by atoms with Crippen LogP contribution in [0.3, 0.4) is 0 Å². The maximum atomic E-state index is 13.6. The number of carbonyl (C=O) groups excluding carboxylic acids is 4. The highest BCUT2D eigenvalue weighted by Crippen LogP contribution is 2.35. The monoisotopic (exact) mass is 762 g/mol. The lowest BCUT2D eigenvalue weighted by molar-refractivity contribution is -0.136. The number of alkyl carbamates (subject to hydrolysis) is 2. The molecule has 2 aliphatic heterocycles. The maximum absolute atomic E-state index is 13.6. The van der Waals surface area contributed by atoms with Crippen molar-refractivity contribution in [1.29, 1.82) is 0 Å². The SMILES string of the molecule is COC(=O)N[C@H](C(=O)N1CCC[C@H]1c1cn2cc(-c3ccc(-c4ccc5nc([C@@H]6CCCN6C(=O)[C@@H](NC(=O)OC)C(C)C)cn5c4)cc3)ccc2n1)C(C)C. The third-order valence-electron chi connectivity index (χ3n) is 11.0. The van der Waals surface area contributed by atoms with Gasteiger partial charge in [-0.1, -0.05) is 52.0 Å². The van der Waals surface area contributed by atoms with E-state index < -0.39 is 24.3 Å². The predicted molar refractivity (Wildman–Crippen MR) is 211 cm³/mol. The van der Waals surface area contributed by atoms with E-state index >= 15 is 0 Å². The van der Waals surface area contributed by atoms with Gasteiger partial charge < -0.3 is 38.7 Å². The number of nitrogens with zero attached hydrogens (tertiary/aromatic N) is 6. The van der Waals surface area contributed by atoms with Gasteiger partial charge in [0.2, 0.25) is 11.8 Å². The van der Waals surface area contributed by atoms with Crippen LogP contribution in [0.4, 0.5) is 9.59 Å². The molecule has 7 rings (SSSR count). The first-order chi connectivity index (χ1) is 26.9. The van der Waals surface area contributed by atoms with Crippen LogP contribution >= 0.6 is 0 Å². The first kappa shape index (κ1) is 38.4. The molecule has 6 heterocycles. The molecule has 4 amide bonds. The third kappa shape index (κ3) is 7.64. The summed E-state index contributed by atoms with van der Waals surface area (Å²) in [5.74, 6) is -0.461. The summed E-state index contributed by atoms with van der Waals surface area (Å²) in [6.45, 7) is 8.84. The van der Waals surface area contributed by atoms with Gasteiger partial charge in [0.15, 0.2) is 0 Å². The van der Waals surface area contributed by atoms with Crippen molar-refractivity contribution < 1.29 is 28.7 Å². The van der Waals surface area contributed by atoms with Crippen molar-refractivity contribution in [1.82, 2.24) is 39.2 Å². The molecule has 5 aromatic rings. The van der Waals surface area contributed by atoms with Crippen molar-refractivity contribution >= 4 is 35.3 Å². The first-order valence-electron chi connectivity index (χ1n) is 19.3. The van der Waals surface area contributed by atoms with E-state index in [-0.39, 0.29) is 35.7 Å². The van der Waals surface area contributed by atoms with Gasteiger partial charge in [-0.05, 0) is 84.0 Å². The number of fused-ring (bicyclic) bond motifs is 2. The van der Waals surface area contributed by atoms with Crippen LogP contribution < -0.4 is 10.6 Å². The zero-order valence-electron chi connectivity index (χ0n) is 32.8. The molecule has 294 valence electrons. The van der Waals surface area contributed by atoms with Gasteiger partial charge in [-0.25, -0.2) is 19.6 Å². The van der Waals surface area contributed by atoms with Crippen LogP contribution in [0, 0.1) is 11.8 Å². The summed E-state index contributed by atoms with van der Waals surface area (Å²) in [5, 5.41) is 5.42. The fourth-order valence-electron chi connectivity index (χ4n) is 7.97. The van der Waals surface area contributed by atoms with Crippen LogP contribution in [0.5, 0.6) is 0 Å². The molecule has 0 unspecified atom stereocenters. The fraction of sp³-hybridized carbons (Fsp3) is 0.429. The maximum Gasteiger partial charge on any atom is 0.407 e. The van der Waals surface area contributed by atoms with Crippen molar-refractivity contribution in [3.05, 3.63) is 84.7 Å². The van der Waals surface area contributed by atoms with E-state index in [0.29, 0.717) is 13.1 Å². The van der Waals surface area contributed by atoms with E-state index in [1.165, 1.54) is 14.2 Å². The Hall–Kier alpha value is -5.92. The van der Waals surface area contributed by atoms with Crippen LogP contribution in [-0.2, 0) is 19.1 Å². The lowest BCUT2D eigenvalue weighted by atomic mass is 10.0. The molecule has 2 aliphatic rings. The predicted octanol–water partition coefficient (Wildman–Crippen LogP) is 6.40. The van der Waals surface area contributed by atoms with E-state index in [2.05, 4.69) is 59.4 Å². The van der Waals surface area contributed by atoms with Crippen LogP contribution in [-0.4, -0.2) is 92.0 Å². The Morgan fingerprint density at radius 2 is 0.964 bits per heavy atom. The Balaban J connectivity index is 1.06. The second-order valence-corrected chi connectivity index (χ2v) is 15.4. The Bertz CT molecular complexity index is 2090. The van der Waals surface area contributed by atoms with Crippen molar-refractivity contribution in [3.63, 3.8) is 0 Å². The quantitative estimate of drug-likeness (QED) is 0.166. The molecule has 14 nitrogen and oxygen atoms in total. The highest BCUT2D eigenvalue weighted by molar-refractivity contribution is 5.87. The van der Waals surface area contributed by atoms with Gasteiger partial charge in [-0.3, -0.25) is 9.59 Å². The number of aromatic nitrogens is 4. The number of carbonyl (C=O) groups is 4. The number of ether oxygens (including phenoxy) is 2. The summed E-state index contributed by atoms with van der Waals surface area (Å²) in [5.41, 5.74) is 7.40. The van der Waals surface area contributed by atoms with E-state index in [9.17, 15) is 19.2 Å². The molecule has 56 heavy (non-hydrogen) atoms. The zero-order chi connectivity index (χ0) is 39.7. The number of hydrogen-bond acceptors (Lipinski definition) is 8. The Morgan fingerprint density at radius 3 is 1.32 bits per heavy atom. The summed E-state index contributed by atoms with van der Waals surface area (Å²) >= 11 is 0. The van der Waals surface area contributed by atoms with E-state index in [1.54, 1.807) is 0 Å². The van der Waals surface area contributed by atoms with Crippen LogP contribution in [0.15, 0.2) is 73.3 Å². The second-order valence-electron chi connectivity index (χ2n) is 15.4. The third-order valence-corrected chi connectivity index (χ3v) is 11.0. The van der Waals surface area contributed by atoms with Gasteiger partial charge in [-0.2, -0.15) is 0 Å². The Morgan fingerprint density at radius 1 is 0.589 bits per heavy atom. The van der Waals surface area contributed by atoms with Gasteiger partial charge in [-0.15, -0.1) is 0 Å². The number of imidazole rings is 2. The van der Waals surface area contributed by atoms with Crippen molar-refractivity contribution in [2.75, 3.05) is 27.3 Å². The van der Waals surface area contributed by atoms with Crippen LogP contribution in [0.2, 0.25) is 0 Å². The number of amides is 4. The minimum atomic E-state index is -0.684. The minimum absolute atomic E-state index is 0.103. The molecule has 2 N–H and O–H groups in total. The van der Waals surface area contributed by atoms with Crippen LogP contribution in [0.25, 0.3) is 33.5 Å². The summed E-state index contributed by atoms with van der Waals surface area (Å²) < 4.78 is 13.6. The van der Waals surface area contributed by atoms with Crippen LogP contribution in [0.1, 0.15) is 76.8 Å². The molecule has 14 heteroatoms. The average molecular weight is 763 g/mol. The molecule has 0 saturated carbocycles. The number of rotatable bonds is 10. The lowest BCUT2D eigenvalue weighted by Gasteiger charge is -2.30.